The number of allylic oxidation sites excluding steroid dienone is 2. The van der Waals surface area contributed by atoms with Crippen LogP contribution in [0.1, 0.15) is 12.5 Å². The molecular weight excluding hydrogens is 251 g/mol. The lowest BCUT2D eigenvalue weighted by Gasteiger charge is -2.01. The van der Waals surface area contributed by atoms with Crippen molar-refractivity contribution in [3.63, 3.8) is 0 Å². The van der Waals surface area contributed by atoms with Gasteiger partial charge in [-0.15, -0.1) is 0 Å². The SMILES string of the molecule is C/C(Br)=C(\C=O)c1cccc(Cl)c1. The first-order valence-electron chi connectivity index (χ1n) is 3.72. The first-order valence-corrected chi connectivity index (χ1v) is 4.89. The van der Waals surface area contributed by atoms with Gasteiger partial charge in [-0.25, -0.2) is 0 Å². The Kier molecular flexibility index (Phi) is 3.70. The highest BCUT2D eigenvalue weighted by atomic mass is 79.9. The van der Waals surface area contributed by atoms with Gasteiger partial charge >= 0.3 is 0 Å². The van der Waals surface area contributed by atoms with Crippen LogP contribution in [0.4, 0.5) is 0 Å². The molecule has 0 aliphatic carbocycles. The fourth-order valence-corrected chi connectivity index (χ4v) is 1.52. The second-order valence-corrected chi connectivity index (χ2v) is 4.20. The van der Waals surface area contributed by atoms with E-state index in [-0.39, 0.29) is 0 Å². The zero-order valence-corrected chi connectivity index (χ0v) is 9.39. The Labute approximate surface area is 90.5 Å². The van der Waals surface area contributed by atoms with Gasteiger partial charge < -0.3 is 0 Å². The molecule has 0 radical (unpaired) electrons. The van der Waals surface area contributed by atoms with Crippen LogP contribution in [-0.4, -0.2) is 6.29 Å². The Morgan fingerprint density at radius 2 is 2.23 bits per heavy atom. The average molecular weight is 260 g/mol. The molecule has 0 aliphatic heterocycles. The van der Waals surface area contributed by atoms with Crippen molar-refractivity contribution >= 4 is 39.4 Å². The third-order valence-electron chi connectivity index (χ3n) is 1.62. The fraction of sp³-hybridized carbons (Fsp3) is 0.100. The van der Waals surface area contributed by atoms with E-state index in [1.807, 2.05) is 19.1 Å². The second kappa shape index (κ2) is 4.58. The molecule has 1 nitrogen and oxygen atoms in total. The fourth-order valence-electron chi connectivity index (χ4n) is 1.00. The zero-order chi connectivity index (χ0) is 9.84. The van der Waals surface area contributed by atoms with Crippen LogP contribution in [0, 0.1) is 0 Å². The summed E-state index contributed by atoms with van der Waals surface area (Å²) in [6, 6.07) is 7.20. The van der Waals surface area contributed by atoms with E-state index >= 15 is 0 Å². The molecule has 1 aromatic carbocycles. The van der Waals surface area contributed by atoms with Crippen molar-refractivity contribution in [1.82, 2.24) is 0 Å². The number of aldehydes is 1. The average Bonchev–Trinajstić information content (AvgIpc) is 2.04. The Hall–Kier alpha value is -0.600. The lowest BCUT2D eigenvalue weighted by Crippen LogP contribution is -1.86. The van der Waals surface area contributed by atoms with Crippen LogP contribution in [-0.2, 0) is 4.79 Å². The number of carbonyl (C=O) groups is 1. The number of hydrogen-bond donors (Lipinski definition) is 0. The van der Waals surface area contributed by atoms with Gasteiger partial charge in [0.15, 0.2) is 6.29 Å². The minimum Gasteiger partial charge on any atom is -0.298 e. The first-order chi connectivity index (χ1) is 6.15. The van der Waals surface area contributed by atoms with Crippen LogP contribution < -0.4 is 0 Å². The molecule has 0 atom stereocenters. The van der Waals surface area contributed by atoms with E-state index in [1.54, 1.807) is 12.1 Å². The van der Waals surface area contributed by atoms with Crippen molar-refractivity contribution in [3.8, 4) is 0 Å². The molecule has 0 saturated carbocycles. The summed E-state index contributed by atoms with van der Waals surface area (Å²) >= 11 is 9.06. The van der Waals surface area contributed by atoms with Crippen molar-refractivity contribution < 1.29 is 4.79 Å². The summed E-state index contributed by atoms with van der Waals surface area (Å²) in [6.07, 6.45) is 0.815. The number of halogens is 2. The highest BCUT2D eigenvalue weighted by Gasteiger charge is 2.02. The zero-order valence-electron chi connectivity index (χ0n) is 7.05. The van der Waals surface area contributed by atoms with E-state index in [0.29, 0.717) is 10.6 Å². The normalized spacial score (nSPS) is 12.2. The number of benzene rings is 1. The minimum absolute atomic E-state index is 0.627. The molecule has 0 amide bonds. The van der Waals surface area contributed by atoms with Crippen LogP contribution >= 0.6 is 27.5 Å². The quantitative estimate of drug-likeness (QED) is 0.585. The van der Waals surface area contributed by atoms with Crippen LogP contribution in [0.2, 0.25) is 5.02 Å². The van der Waals surface area contributed by atoms with E-state index in [2.05, 4.69) is 15.9 Å². The van der Waals surface area contributed by atoms with Gasteiger partial charge in [-0.3, -0.25) is 4.79 Å². The number of rotatable bonds is 2. The Morgan fingerprint density at radius 1 is 1.54 bits per heavy atom. The summed E-state index contributed by atoms with van der Waals surface area (Å²) in [5.41, 5.74) is 1.46. The summed E-state index contributed by atoms with van der Waals surface area (Å²) in [4.78, 5) is 10.7. The summed E-state index contributed by atoms with van der Waals surface area (Å²) in [6.45, 7) is 1.82. The predicted octanol–water partition coefficient (Wildman–Crippen LogP) is 3.66. The van der Waals surface area contributed by atoms with Gasteiger partial charge in [0.1, 0.15) is 0 Å². The largest absolute Gasteiger partial charge is 0.298 e. The van der Waals surface area contributed by atoms with E-state index in [1.165, 1.54) is 0 Å². The number of carbonyl (C=O) groups excluding carboxylic acids is 1. The Balaban J connectivity index is 3.21. The molecule has 0 aromatic heterocycles. The molecule has 0 N–H and O–H groups in total. The van der Waals surface area contributed by atoms with Gasteiger partial charge in [-0.2, -0.15) is 0 Å². The summed E-state index contributed by atoms with van der Waals surface area (Å²) < 4.78 is 0.810. The molecule has 0 fully saturated rings. The smallest absolute Gasteiger partial charge is 0.151 e. The summed E-state index contributed by atoms with van der Waals surface area (Å²) in [5, 5.41) is 0.630. The molecule has 0 spiro atoms. The van der Waals surface area contributed by atoms with E-state index < -0.39 is 0 Å². The maximum atomic E-state index is 10.7. The number of hydrogen-bond acceptors (Lipinski definition) is 1. The Bertz CT molecular complexity index is 354. The van der Waals surface area contributed by atoms with Gasteiger partial charge in [-0.05, 0) is 24.6 Å². The maximum absolute atomic E-state index is 10.7. The second-order valence-electron chi connectivity index (χ2n) is 2.58. The van der Waals surface area contributed by atoms with Crippen molar-refractivity contribution in [2.45, 2.75) is 6.92 Å². The first kappa shape index (κ1) is 10.5. The van der Waals surface area contributed by atoms with Crippen LogP contribution in [0.3, 0.4) is 0 Å². The van der Waals surface area contributed by atoms with E-state index in [9.17, 15) is 4.79 Å². The molecule has 0 bridgehead atoms. The molecule has 0 aliphatic rings. The van der Waals surface area contributed by atoms with Crippen molar-refractivity contribution in [2.75, 3.05) is 0 Å². The Morgan fingerprint density at radius 3 is 2.69 bits per heavy atom. The monoisotopic (exact) mass is 258 g/mol. The van der Waals surface area contributed by atoms with Gasteiger partial charge in [0.2, 0.25) is 0 Å². The van der Waals surface area contributed by atoms with Crippen molar-refractivity contribution in [1.29, 1.82) is 0 Å². The molecule has 0 unspecified atom stereocenters. The molecular formula is C10H8BrClO. The summed E-state index contributed by atoms with van der Waals surface area (Å²) in [5.74, 6) is 0. The van der Waals surface area contributed by atoms with Crippen molar-refractivity contribution in [2.24, 2.45) is 0 Å². The van der Waals surface area contributed by atoms with Gasteiger partial charge in [0.25, 0.3) is 0 Å². The standard InChI is InChI=1S/C10H8BrClO/c1-7(11)10(6-13)8-3-2-4-9(12)5-8/h2-6H,1H3/b10-7-. The van der Waals surface area contributed by atoms with E-state index in [4.69, 9.17) is 11.6 Å². The maximum Gasteiger partial charge on any atom is 0.151 e. The van der Waals surface area contributed by atoms with Crippen molar-refractivity contribution in [3.05, 3.63) is 39.3 Å². The summed E-state index contributed by atoms with van der Waals surface area (Å²) in [7, 11) is 0. The molecule has 1 rings (SSSR count). The molecule has 0 saturated heterocycles. The lowest BCUT2D eigenvalue weighted by atomic mass is 10.1. The van der Waals surface area contributed by atoms with Crippen LogP contribution in [0.25, 0.3) is 5.57 Å². The molecule has 1 aromatic rings. The molecule has 0 heterocycles. The predicted molar refractivity (Wildman–Crippen MR) is 59.0 cm³/mol. The van der Waals surface area contributed by atoms with Crippen LogP contribution in [0.15, 0.2) is 28.7 Å². The van der Waals surface area contributed by atoms with Gasteiger partial charge in [0.05, 0.1) is 0 Å². The highest BCUT2D eigenvalue weighted by molar-refractivity contribution is 9.11. The van der Waals surface area contributed by atoms with Gasteiger partial charge in [0, 0.05) is 15.1 Å². The topological polar surface area (TPSA) is 17.1 Å². The van der Waals surface area contributed by atoms with E-state index in [0.717, 1.165) is 16.3 Å². The molecule has 13 heavy (non-hydrogen) atoms. The molecule has 3 heteroatoms. The highest BCUT2D eigenvalue weighted by Crippen LogP contribution is 2.22. The lowest BCUT2D eigenvalue weighted by molar-refractivity contribution is -0.103. The third kappa shape index (κ3) is 2.68. The van der Waals surface area contributed by atoms with Crippen LogP contribution in [0.5, 0.6) is 0 Å². The minimum atomic E-state index is 0.627. The molecule has 68 valence electrons. The van der Waals surface area contributed by atoms with Gasteiger partial charge in [-0.1, -0.05) is 39.7 Å². The third-order valence-corrected chi connectivity index (χ3v) is 2.29.